The van der Waals surface area contributed by atoms with E-state index in [1.165, 1.54) is 11.3 Å². The minimum Gasteiger partial charge on any atom is -0.478 e. The average Bonchev–Trinajstić information content (AvgIpc) is 2.69. The van der Waals surface area contributed by atoms with Crippen LogP contribution in [-0.2, 0) is 11.2 Å². The number of thiophene rings is 1. The van der Waals surface area contributed by atoms with Crippen LogP contribution in [0.25, 0.3) is 0 Å². The van der Waals surface area contributed by atoms with Crippen LogP contribution in [0.3, 0.4) is 0 Å². The molecule has 0 radical (unpaired) electrons. The third kappa shape index (κ3) is 4.14. The highest BCUT2D eigenvalue weighted by atomic mass is 32.1. The number of amides is 1. The Bertz CT molecular complexity index is 437. The fourth-order valence-corrected chi connectivity index (χ4v) is 2.48. The standard InChI is InChI=1S/C13H19NO3S/c1-4-9-7-10(13(16)17)12(18-9)14-11(15)6-5-8(2)3/h7-8H,4-6H2,1-3H3,(H,14,15)(H,16,17). The largest absolute Gasteiger partial charge is 0.478 e. The zero-order valence-corrected chi connectivity index (χ0v) is 11.8. The number of aromatic carboxylic acids is 1. The topological polar surface area (TPSA) is 66.4 Å². The van der Waals surface area contributed by atoms with Crippen LogP contribution in [0.15, 0.2) is 6.07 Å². The van der Waals surface area contributed by atoms with Crippen LogP contribution in [0.2, 0.25) is 0 Å². The fourth-order valence-electron chi connectivity index (χ4n) is 1.48. The van der Waals surface area contributed by atoms with E-state index >= 15 is 0 Å². The second-order valence-corrected chi connectivity index (χ2v) is 5.73. The number of carboxylic acids is 1. The van der Waals surface area contributed by atoms with Gasteiger partial charge in [-0.2, -0.15) is 0 Å². The lowest BCUT2D eigenvalue weighted by molar-refractivity contribution is -0.116. The smallest absolute Gasteiger partial charge is 0.338 e. The Morgan fingerprint density at radius 3 is 2.61 bits per heavy atom. The van der Waals surface area contributed by atoms with Crippen molar-refractivity contribution in [2.75, 3.05) is 5.32 Å². The zero-order chi connectivity index (χ0) is 13.7. The highest BCUT2D eigenvalue weighted by Crippen LogP contribution is 2.28. The second kappa shape index (κ2) is 6.54. The molecule has 2 N–H and O–H groups in total. The summed E-state index contributed by atoms with van der Waals surface area (Å²) in [5, 5.41) is 12.2. The summed E-state index contributed by atoms with van der Waals surface area (Å²) in [6.07, 6.45) is 2.00. The van der Waals surface area contributed by atoms with Crippen molar-refractivity contribution >= 4 is 28.2 Å². The maximum absolute atomic E-state index is 11.7. The van der Waals surface area contributed by atoms with Crippen LogP contribution in [0, 0.1) is 5.92 Å². The predicted octanol–water partition coefficient (Wildman–Crippen LogP) is 3.38. The van der Waals surface area contributed by atoms with Gasteiger partial charge in [-0.25, -0.2) is 4.79 Å². The van der Waals surface area contributed by atoms with Gasteiger partial charge in [-0.05, 0) is 24.8 Å². The number of carboxylic acid groups (broad SMARTS) is 1. The summed E-state index contributed by atoms with van der Waals surface area (Å²) >= 11 is 1.34. The molecule has 0 saturated carbocycles. The van der Waals surface area contributed by atoms with Crippen molar-refractivity contribution in [3.8, 4) is 0 Å². The van der Waals surface area contributed by atoms with Crippen molar-refractivity contribution in [3.05, 3.63) is 16.5 Å². The number of carbonyl (C=O) groups excluding carboxylic acids is 1. The number of rotatable bonds is 6. The van der Waals surface area contributed by atoms with E-state index in [0.29, 0.717) is 17.3 Å². The Hall–Kier alpha value is -1.36. The number of hydrogen-bond acceptors (Lipinski definition) is 3. The molecule has 1 aromatic heterocycles. The van der Waals surface area contributed by atoms with E-state index in [-0.39, 0.29) is 11.5 Å². The lowest BCUT2D eigenvalue weighted by atomic mass is 10.1. The molecule has 0 fully saturated rings. The zero-order valence-electron chi connectivity index (χ0n) is 10.9. The quantitative estimate of drug-likeness (QED) is 0.832. The van der Waals surface area contributed by atoms with Crippen molar-refractivity contribution in [2.24, 2.45) is 5.92 Å². The molecule has 100 valence electrons. The van der Waals surface area contributed by atoms with Crippen molar-refractivity contribution in [1.82, 2.24) is 0 Å². The molecule has 1 heterocycles. The molecule has 0 saturated heterocycles. The number of anilines is 1. The van der Waals surface area contributed by atoms with Crippen molar-refractivity contribution in [3.63, 3.8) is 0 Å². The van der Waals surface area contributed by atoms with Gasteiger partial charge in [0.2, 0.25) is 5.91 Å². The van der Waals surface area contributed by atoms with Gasteiger partial charge in [0, 0.05) is 11.3 Å². The molecule has 1 amide bonds. The van der Waals surface area contributed by atoms with Crippen molar-refractivity contribution in [1.29, 1.82) is 0 Å². The van der Waals surface area contributed by atoms with Gasteiger partial charge in [0.05, 0.1) is 5.56 Å². The van der Waals surface area contributed by atoms with E-state index in [0.717, 1.165) is 17.7 Å². The summed E-state index contributed by atoms with van der Waals surface area (Å²) < 4.78 is 0. The lowest BCUT2D eigenvalue weighted by Gasteiger charge is -2.05. The minimum absolute atomic E-state index is 0.115. The van der Waals surface area contributed by atoms with Gasteiger partial charge in [0.1, 0.15) is 5.00 Å². The highest BCUT2D eigenvalue weighted by Gasteiger charge is 2.16. The van der Waals surface area contributed by atoms with Crippen LogP contribution >= 0.6 is 11.3 Å². The molecule has 0 aliphatic rings. The molecule has 5 heteroatoms. The molecule has 0 atom stereocenters. The van der Waals surface area contributed by atoms with Crippen LogP contribution < -0.4 is 5.32 Å². The molecule has 0 unspecified atom stereocenters. The van der Waals surface area contributed by atoms with E-state index in [2.05, 4.69) is 19.2 Å². The first-order valence-electron chi connectivity index (χ1n) is 6.09. The third-order valence-electron chi connectivity index (χ3n) is 2.56. The van der Waals surface area contributed by atoms with Gasteiger partial charge >= 0.3 is 5.97 Å². The number of nitrogens with one attached hydrogen (secondary N) is 1. The van der Waals surface area contributed by atoms with Crippen LogP contribution in [0.5, 0.6) is 0 Å². The van der Waals surface area contributed by atoms with Gasteiger partial charge in [-0.1, -0.05) is 20.8 Å². The Morgan fingerprint density at radius 1 is 1.44 bits per heavy atom. The molecular formula is C13H19NO3S. The summed E-state index contributed by atoms with van der Waals surface area (Å²) in [6, 6.07) is 1.63. The van der Waals surface area contributed by atoms with Crippen molar-refractivity contribution < 1.29 is 14.7 Å². The van der Waals surface area contributed by atoms with Gasteiger partial charge < -0.3 is 10.4 Å². The maximum atomic E-state index is 11.7. The SMILES string of the molecule is CCc1cc(C(=O)O)c(NC(=O)CCC(C)C)s1. The summed E-state index contributed by atoms with van der Waals surface area (Å²) in [7, 11) is 0. The minimum atomic E-state index is -0.995. The van der Waals surface area contributed by atoms with Crippen molar-refractivity contribution in [2.45, 2.75) is 40.0 Å². The van der Waals surface area contributed by atoms with Gasteiger partial charge in [-0.15, -0.1) is 11.3 Å². The molecule has 4 nitrogen and oxygen atoms in total. The molecule has 0 aliphatic carbocycles. The highest BCUT2D eigenvalue weighted by molar-refractivity contribution is 7.16. The number of aryl methyl sites for hydroxylation is 1. The third-order valence-corrected chi connectivity index (χ3v) is 3.76. The molecule has 1 aromatic rings. The molecule has 0 aliphatic heterocycles. The maximum Gasteiger partial charge on any atom is 0.338 e. The summed E-state index contributed by atoms with van der Waals surface area (Å²) in [5.74, 6) is -0.648. The molecule has 18 heavy (non-hydrogen) atoms. The Morgan fingerprint density at radius 2 is 2.11 bits per heavy atom. The summed E-state index contributed by atoms with van der Waals surface area (Å²) in [4.78, 5) is 23.7. The second-order valence-electron chi connectivity index (χ2n) is 4.59. The van der Waals surface area contributed by atoms with E-state index in [1.807, 2.05) is 6.92 Å². The Kier molecular flexibility index (Phi) is 5.34. The molecule has 1 rings (SSSR count). The average molecular weight is 269 g/mol. The molecule has 0 aromatic carbocycles. The van der Waals surface area contributed by atoms with E-state index in [1.54, 1.807) is 6.07 Å². The van der Waals surface area contributed by atoms with E-state index < -0.39 is 5.97 Å². The van der Waals surface area contributed by atoms with Crippen LogP contribution in [0.1, 0.15) is 48.8 Å². The van der Waals surface area contributed by atoms with Gasteiger partial charge in [0.25, 0.3) is 0 Å². The molecular weight excluding hydrogens is 250 g/mol. The monoisotopic (exact) mass is 269 g/mol. The summed E-state index contributed by atoms with van der Waals surface area (Å²) in [5.41, 5.74) is 0.190. The first kappa shape index (κ1) is 14.7. The Balaban J connectivity index is 2.73. The van der Waals surface area contributed by atoms with Crippen LogP contribution in [-0.4, -0.2) is 17.0 Å². The number of carbonyl (C=O) groups is 2. The predicted molar refractivity (Wildman–Crippen MR) is 73.4 cm³/mol. The number of hydrogen-bond donors (Lipinski definition) is 2. The van der Waals surface area contributed by atoms with Gasteiger partial charge in [0.15, 0.2) is 0 Å². The molecule has 0 spiro atoms. The van der Waals surface area contributed by atoms with Gasteiger partial charge in [-0.3, -0.25) is 4.79 Å². The van der Waals surface area contributed by atoms with Crippen LogP contribution in [0.4, 0.5) is 5.00 Å². The lowest BCUT2D eigenvalue weighted by Crippen LogP contribution is -2.13. The summed E-state index contributed by atoms with van der Waals surface area (Å²) in [6.45, 7) is 6.06. The molecule has 0 bridgehead atoms. The first-order chi connectivity index (χ1) is 8.43. The fraction of sp³-hybridized carbons (Fsp3) is 0.538. The van der Waals surface area contributed by atoms with E-state index in [9.17, 15) is 9.59 Å². The first-order valence-corrected chi connectivity index (χ1v) is 6.91. The normalized spacial score (nSPS) is 10.7. The van der Waals surface area contributed by atoms with E-state index in [4.69, 9.17) is 5.11 Å². The Labute approximate surface area is 111 Å².